The number of methoxy groups -OCH3 is 1. The number of halogens is 6. The number of urea groups is 1. The van der Waals surface area contributed by atoms with Gasteiger partial charge in [0, 0.05) is 38.9 Å². The average molecular weight is 642 g/mol. The summed E-state index contributed by atoms with van der Waals surface area (Å²) >= 11 is 0. The van der Waals surface area contributed by atoms with E-state index in [1.807, 2.05) is 6.07 Å². The molecular weight excluding hydrogens is 604 g/mol. The molecule has 246 valence electrons. The smallest absolute Gasteiger partial charge is 0.416 e. The van der Waals surface area contributed by atoms with Crippen molar-refractivity contribution in [3.05, 3.63) is 64.2 Å². The molecule has 1 heterocycles. The Hall–Kier alpha value is -3.90. The van der Waals surface area contributed by atoms with Crippen molar-refractivity contribution in [3.63, 3.8) is 0 Å². The number of amides is 3. The quantitative estimate of drug-likeness (QED) is 0.297. The molecule has 3 amide bonds. The van der Waals surface area contributed by atoms with Crippen LogP contribution in [-0.2, 0) is 17.1 Å². The van der Waals surface area contributed by atoms with Crippen LogP contribution in [0.1, 0.15) is 68.4 Å². The standard InChI is InChI=1S/C32H37F6N3O4/c1-18-27(19-12-21(31(33,34)35)14-22(13-19)32(36,37)38)45-29(43)41(18)17-20-16-30(2,3)11-10-24(20)25-15-23(8-9-26(25)44-7)40(6)28(42)39(4)5/h8-9,12-15,18,27H,10-11,16-17H2,1-7H3/t18-,27-/m0/s1. The molecule has 2 aromatic rings. The van der Waals surface area contributed by atoms with Crippen LogP contribution in [0.5, 0.6) is 5.75 Å². The van der Waals surface area contributed by atoms with Crippen molar-refractivity contribution in [3.8, 4) is 5.75 Å². The van der Waals surface area contributed by atoms with Crippen molar-refractivity contribution in [2.45, 2.75) is 64.5 Å². The maximum absolute atomic E-state index is 13.6. The first-order chi connectivity index (χ1) is 20.7. The van der Waals surface area contributed by atoms with E-state index < -0.39 is 41.7 Å². The Morgan fingerprint density at radius 1 is 1.02 bits per heavy atom. The molecule has 45 heavy (non-hydrogen) atoms. The van der Waals surface area contributed by atoms with Crippen LogP contribution < -0.4 is 9.64 Å². The van der Waals surface area contributed by atoms with Gasteiger partial charge in [0.25, 0.3) is 0 Å². The van der Waals surface area contributed by atoms with Gasteiger partial charge in [-0.3, -0.25) is 9.80 Å². The maximum Gasteiger partial charge on any atom is 0.416 e. The number of rotatable bonds is 6. The Morgan fingerprint density at radius 2 is 1.62 bits per heavy atom. The Kier molecular flexibility index (Phi) is 9.16. The molecule has 0 spiro atoms. The van der Waals surface area contributed by atoms with Crippen molar-refractivity contribution < 1.29 is 45.4 Å². The molecule has 1 saturated heterocycles. The first-order valence-corrected chi connectivity index (χ1v) is 14.3. The molecule has 2 aromatic carbocycles. The molecule has 1 aliphatic carbocycles. The van der Waals surface area contributed by atoms with E-state index in [9.17, 15) is 35.9 Å². The third kappa shape index (κ3) is 7.17. The molecule has 2 aliphatic rings. The molecule has 13 heteroatoms. The van der Waals surface area contributed by atoms with Gasteiger partial charge in [0.15, 0.2) is 0 Å². The van der Waals surface area contributed by atoms with Gasteiger partial charge >= 0.3 is 24.5 Å². The summed E-state index contributed by atoms with van der Waals surface area (Å²) in [6.07, 6.45) is -10.3. The van der Waals surface area contributed by atoms with Gasteiger partial charge in [-0.1, -0.05) is 13.8 Å². The lowest BCUT2D eigenvalue weighted by molar-refractivity contribution is -0.143. The number of benzene rings is 2. The second-order valence-electron chi connectivity index (χ2n) is 12.6. The average Bonchev–Trinajstić information content (AvgIpc) is 3.23. The molecule has 1 fully saturated rings. The second-order valence-corrected chi connectivity index (χ2v) is 12.6. The zero-order chi connectivity index (χ0) is 33.6. The number of hydrogen-bond acceptors (Lipinski definition) is 4. The highest BCUT2D eigenvalue weighted by Crippen LogP contribution is 2.47. The van der Waals surface area contributed by atoms with Crippen LogP contribution in [0.4, 0.5) is 41.6 Å². The van der Waals surface area contributed by atoms with Crippen LogP contribution in [-0.4, -0.2) is 62.8 Å². The minimum absolute atomic E-state index is 0.0419. The highest BCUT2D eigenvalue weighted by molar-refractivity contribution is 5.92. The van der Waals surface area contributed by atoms with Crippen LogP contribution in [0, 0.1) is 5.41 Å². The number of carbonyl (C=O) groups excluding carboxylic acids is 2. The normalized spacial score (nSPS) is 20.3. The van der Waals surface area contributed by atoms with E-state index in [1.165, 1.54) is 21.8 Å². The topological polar surface area (TPSA) is 62.3 Å². The number of allylic oxidation sites excluding steroid dienone is 1. The van der Waals surface area contributed by atoms with Gasteiger partial charge < -0.3 is 14.4 Å². The number of anilines is 1. The fraction of sp³-hybridized carbons (Fsp3) is 0.500. The molecule has 1 aliphatic heterocycles. The molecule has 0 N–H and O–H groups in total. The Morgan fingerprint density at radius 3 is 2.16 bits per heavy atom. The summed E-state index contributed by atoms with van der Waals surface area (Å²) in [5.74, 6) is 0.551. The lowest BCUT2D eigenvalue weighted by atomic mass is 9.72. The van der Waals surface area contributed by atoms with Crippen LogP contribution in [0.3, 0.4) is 0 Å². The summed E-state index contributed by atoms with van der Waals surface area (Å²) in [4.78, 5) is 30.1. The van der Waals surface area contributed by atoms with Gasteiger partial charge in [-0.15, -0.1) is 0 Å². The van der Waals surface area contributed by atoms with Crippen molar-refractivity contribution in [1.29, 1.82) is 0 Å². The molecule has 7 nitrogen and oxygen atoms in total. The van der Waals surface area contributed by atoms with Crippen molar-refractivity contribution in [2.24, 2.45) is 5.41 Å². The highest BCUT2D eigenvalue weighted by atomic mass is 19.4. The summed E-state index contributed by atoms with van der Waals surface area (Å²) in [5.41, 5.74) is -0.412. The van der Waals surface area contributed by atoms with E-state index in [0.717, 1.165) is 23.1 Å². The first kappa shape index (κ1) is 34.0. The number of carbonyl (C=O) groups is 2. The van der Waals surface area contributed by atoms with Crippen molar-refractivity contribution >= 4 is 23.4 Å². The molecule has 0 saturated carbocycles. The van der Waals surface area contributed by atoms with Gasteiger partial charge in [0.2, 0.25) is 0 Å². The Bertz CT molecular complexity index is 1470. The maximum atomic E-state index is 13.6. The number of alkyl halides is 6. The molecular formula is C32H37F6N3O4. The Labute approximate surface area is 258 Å². The van der Waals surface area contributed by atoms with Crippen molar-refractivity contribution in [2.75, 3.05) is 39.7 Å². The lowest BCUT2D eigenvalue weighted by Crippen LogP contribution is -2.36. The minimum atomic E-state index is -5.03. The van der Waals surface area contributed by atoms with Crippen LogP contribution >= 0.6 is 0 Å². The highest BCUT2D eigenvalue weighted by Gasteiger charge is 2.44. The van der Waals surface area contributed by atoms with E-state index >= 15 is 0 Å². The monoisotopic (exact) mass is 641 g/mol. The second kappa shape index (κ2) is 12.1. The third-order valence-corrected chi connectivity index (χ3v) is 8.43. The fourth-order valence-corrected chi connectivity index (χ4v) is 5.95. The predicted octanol–water partition coefficient (Wildman–Crippen LogP) is 8.40. The van der Waals surface area contributed by atoms with Gasteiger partial charge in [-0.25, -0.2) is 9.59 Å². The summed E-state index contributed by atoms with van der Waals surface area (Å²) in [5, 5.41) is 0. The molecule has 0 bridgehead atoms. The van der Waals surface area contributed by atoms with Crippen LogP contribution in [0.25, 0.3) is 5.57 Å². The zero-order valence-corrected chi connectivity index (χ0v) is 26.2. The van der Waals surface area contributed by atoms with Gasteiger partial charge in [0.1, 0.15) is 11.9 Å². The number of ether oxygens (including phenoxy) is 2. The van der Waals surface area contributed by atoms with E-state index in [1.54, 1.807) is 40.2 Å². The van der Waals surface area contributed by atoms with Gasteiger partial charge in [0.05, 0.1) is 24.3 Å². The first-order valence-electron chi connectivity index (χ1n) is 14.3. The van der Waals surface area contributed by atoms with Crippen molar-refractivity contribution in [1.82, 2.24) is 9.80 Å². The van der Waals surface area contributed by atoms with Gasteiger partial charge in [-0.05, 0) is 84.7 Å². The third-order valence-electron chi connectivity index (χ3n) is 8.43. The molecule has 2 atom stereocenters. The van der Waals surface area contributed by atoms with E-state index in [0.29, 0.717) is 36.4 Å². The number of hydrogen-bond donors (Lipinski definition) is 0. The van der Waals surface area contributed by atoms with Crippen LogP contribution in [0.15, 0.2) is 42.0 Å². The summed E-state index contributed by atoms with van der Waals surface area (Å²) in [6, 6.07) is 5.48. The molecule has 0 aromatic heterocycles. The predicted molar refractivity (Wildman–Crippen MR) is 157 cm³/mol. The van der Waals surface area contributed by atoms with E-state index in [2.05, 4.69) is 13.8 Å². The SMILES string of the molecule is COc1ccc(N(C)C(=O)N(C)C)cc1C1=C(CN2C(=O)O[C@H](c3cc(C(F)(F)F)cc(C(F)(F)F)c3)[C@@H]2C)CC(C)(C)CC1. The fourth-order valence-electron chi connectivity index (χ4n) is 5.95. The largest absolute Gasteiger partial charge is 0.496 e. The Balaban J connectivity index is 1.75. The van der Waals surface area contributed by atoms with Crippen LogP contribution in [0.2, 0.25) is 0 Å². The zero-order valence-electron chi connectivity index (χ0n) is 26.2. The summed E-state index contributed by atoms with van der Waals surface area (Å²) in [6.45, 7) is 5.74. The summed E-state index contributed by atoms with van der Waals surface area (Å²) < 4.78 is 92.5. The summed E-state index contributed by atoms with van der Waals surface area (Å²) in [7, 11) is 6.45. The lowest BCUT2D eigenvalue weighted by Gasteiger charge is -2.36. The van der Waals surface area contributed by atoms with E-state index in [-0.39, 0.29) is 29.6 Å². The number of nitrogens with zero attached hydrogens (tertiary/aromatic N) is 3. The van der Waals surface area contributed by atoms with E-state index in [4.69, 9.17) is 9.47 Å². The minimum Gasteiger partial charge on any atom is -0.496 e. The molecule has 0 radical (unpaired) electrons. The molecule has 0 unspecified atom stereocenters. The van der Waals surface area contributed by atoms with Gasteiger partial charge in [-0.2, -0.15) is 26.3 Å². The molecule has 4 rings (SSSR count). The number of cyclic esters (lactones) is 1.